The van der Waals surface area contributed by atoms with Gasteiger partial charge in [-0.1, -0.05) is 84.9 Å². The van der Waals surface area contributed by atoms with Crippen molar-refractivity contribution in [2.45, 2.75) is 20.3 Å². The molecule has 0 fully saturated rings. The number of aryl methyl sites for hydroxylation is 1. The van der Waals surface area contributed by atoms with Gasteiger partial charge in [0.15, 0.2) is 0 Å². The molecular weight excluding hydrogens is 376 g/mol. The van der Waals surface area contributed by atoms with Gasteiger partial charge in [0.2, 0.25) is 0 Å². The number of aromatic nitrogens is 2. The number of allylic oxidation sites excluding steroid dienone is 1. The van der Waals surface area contributed by atoms with Crippen LogP contribution >= 0.6 is 0 Å². The van der Waals surface area contributed by atoms with Gasteiger partial charge in [0.25, 0.3) is 0 Å². The van der Waals surface area contributed by atoms with Crippen molar-refractivity contribution in [2.24, 2.45) is 0 Å². The summed E-state index contributed by atoms with van der Waals surface area (Å²) >= 11 is 0. The number of fused-ring (bicyclic) bond motifs is 3. The molecule has 31 heavy (non-hydrogen) atoms. The number of hydrogen-bond acceptors (Lipinski definition) is 2. The van der Waals surface area contributed by atoms with E-state index in [-0.39, 0.29) is 0 Å². The third kappa shape index (κ3) is 3.62. The van der Waals surface area contributed by atoms with Crippen molar-refractivity contribution in [1.29, 1.82) is 0 Å². The molecule has 0 N–H and O–H groups in total. The van der Waals surface area contributed by atoms with Gasteiger partial charge in [-0.05, 0) is 48.2 Å². The first kappa shape index (κ1) is 19.2. The minimum absolute atomic E-state index is 0.753. The summed E-state index contributed by atoms with van der Waals surface area (Å²) in [5.74, 6) is 0. The van der Waals surface area contributed by atoms with Gasteiger partial charge in [-0.2, -0.15) is 0 Å². The Hall–Kier alpha value is -3.78. The van der Waals surface area contributed by atoms with Crippen molar-refractivity contribution in [2.75, 3.05) is 0 Å². The van der Waals surface area contributed by atoms with Crippen LogP contribution in [0, 0.1) is 6.92 Å². The van der Waals surface area contributed by atoms with Gasteiger partial charge >= 0.3 is 0 Å². The molecule has 150 valence electrons. The molecule has 0 bridgehead atoms. The third-order valence-electron chi connectivity index (χ3n) is 5.59. The Morgan fingerprint density at radius 3 is 1.77 bits per heavy atom. The summed E-state index contributed by atoms with van der Waals surface area (Å²) in [4.78, 5) is 10.0. The first-order valence-electron chi connectivity index (χ1n) is 10.6. The zero-order chi connectivity index (χ0) is 21.4. The fourth-order valence-corrected chi connectivity index (χ4v) is 4.27. The highest BCUT2D eigenvalue weighted by atomic mass is 14.8. The maximum atomic E-state index is 5.08. The predicted molar refractivity (Wildman–Crippen MR) is 131 cm³/mol. The van der Waals surface area contributed by atoms with Crippen LogP contribution in [0.5, 0.6) is 0 Å². The van der Waals surface area contributed by atoms with E-state index in [0.29, 0.717) is 0 Å². The van der Waals surface area contributed by atoms with Crippen LogP contribution in [-0.4, -0.2) is 9.97 Å². The van der Waals surface area contributed by atoms with Crippen LogP contribution in [0.2, 0.25) is 0 Å². The molecule has 0 spiro atoms. The molecule has 0 radical (unpaired) electrons. The molecule has 3 aromatic carbocycles. The van der Waals surface area contributed by atoms with Crippen molar-refractivity contribution in [3.8, 4) is 22.3 Å². The van der Waals surface area contributed by atoms with Gasteiger partial charge in [0.1, 0.15) is 0 Å². The van der Waals surface area contributed by atoms with Gasteiger partial charge in [-0.3, -0.25) is 9.97 Å². The summed E-state index contributed by atoms with van der Waals surface area (Å²) in [5.41, 5.74) is 9.79. The Kier molecular flexibility index (Phi) is 4.83. The van der Waals surface area contributed by atoms with E-state index >= 15 is 0 Å². The Balaban J connectivity index is 1.88. The second-order valence-corrected chi connectivity index (χ2v) is 8.20. The monoisotopic (exact) mass is 400 g/mol. The standard InChI is InChI=1S/C29H24N2/c1-19(2)16-23-18-27(22-12-8-5-9-13-22)25-15-14-24-26(21-10-6-4-7-11-21)17-20(3)30-28(24)29(25)31-23/h4-15,17-18H,1,16H2,2-3H3. The number of hydrogen-bond donors (Lipinski definition) is 0. The Morgan fingerprint density at radius 2 is 1.23 bits per heavy atom. The van der Waals surface area contributed by atoms with Crippen LogP contribution in [0.4, 0.5) is 0 Å². The maximum absolute atomic E-state index is 5.08. The Labute approximate surface area is 182 Å². The molecule has 0 amide bonds. The van der Waals surface area contributed by atoms with E-state index in [1.807, 2.05) is 19.1 Å². The first-order valence-corrected chi connectivity index (χ1v) is 10.6. The van der Waals surface area contributed by atoms with E-state index in [1.54, 1.807) is 0 Å². The minimum Gasteiger partial charge on any atom is -0.251 e. The number of benzene rings is 3. The highest BCUT2D eigenvalue weighted by Gasteiger charge is 2.15. The first-order chi connectivity index (χ1) is 15.1. The van der Waals surface area contributed by atoms with E-state index in [2.05, 4.69) is 86.3 Å². The van der Waals surface area contributed by atoms with Crippen molar-refractivity contribution in [3.05, 3.63) is 108 Å². The summed E-state index contributed by atoms with van der Waals surface area (Å²) in [6, 6.07) is 29.8. The lowest BCUT2D eigenvalue weighted by Gasteiger charge is -2.14. The second-order valence-electron chi connectivity index (χ2n) is 8.20. The summed E-state index contributed by atoms with van der Waals surface area (Å²) in [7, 11) is 0. The zero-order valence-electron chi connectivity index (χ0n) is 17.9. The molecule has 0 aliphatic rings. The molecule has 0 atom stereocenters. The molecule has 0 saturated heterocycles. The topological polar surface area (TPSA) is 25.8 Å². The zero-order valence-corrected chi connectivity index (χ0v) is 17.9. The highest BCUT2D eigenvalue weighted by molar-refractivity contribution is 6.12. The lowest BCUT2D eigenvalue weighted by molar-refractivity contribution is 1.08. The van der Waals surface area contributed by atoms with Crippen LogP contribution < -0.4 is 0 Å². The van der Waals surface area contributed by atoms with E-state index in [4.69, 9.17) is 9.97 Å². The van der Waals surface area contributed by atoms with Crippen molar-refractivity contribution in [3.63, 3.8) is 0 Å². The molecule has 2 nitrogen and oxygen atoms in total. The lowest BCUT2D eigenvalue weighted by Crippen LogP contribution is -1.97. The van der Waals surface area contributed by atoms with Crippen LogP contribution in [-0.2, 0) is 6.42 Å². The molecule has 2 heterocycles. The van der Waals surface area contributed by atoms with Gasteiger partial charge in [0.05, 0.1) is 11.0 Å². The Morgan fingerprint density at radius 1 is 0.710 bits per heavy atom. The van der Waals surface area contributed by atoms with Gasteiger partial charge in [-0.15, -0.1) is 0 Å². The normalized spacial score (nSPS) is 11.2. The fourth-order valence-electron chi connectivity index (χ4n) is 4.27. The smallest absolute Gasteiger partial charge is 0.0974 e. The minimum atomic E-state index is 0.753. The van der Waals surface area contributed by atoms with E-state index in [0.717, 1.165) is 45.2 Å². The summed E-state index contributed by atoms with van der Waals surface area (Å²) < 4.78 is 0. The fraction of sp³-hybridized carbons (Fsp3) is 0.103. The average Bonchev–Trinajstić information content (AvgIpc) is 2.79. The average molecular weight is 401 g/mol. The number of nitrogens with zero attached hydrogens (tertiary/aromatic N) is 2. The molecule has 0 aliphatic carbocycles. The lowest BCUT2D eigenvalue weighted by atomic mass is 9.95. The number of pyridine rings is 2. The van der Waals surface area contributed by atoms with Gasteiger partial charge < -0.3 is 0 Å². The third-order valence-corrected chi connectivity index (χ3v) is 5.59. The van der Waals surface area contributed by atoms with Crippen LogP contribution in [0.1, 0.15) is 18.3 Å². The largest absolute Gasteiger partial charge is 0.251 e. The second kappa shape index (κ2) is 7.81. The predicted octanol–water partition coefficient (Wildman–Crippen LogP) is 7.54. The number of rotatable bonds is 4. The molecular formula is C29H24N2. The van der Waals surface area contributed by atoms with E-state index < -0.39 is 0 Å². The molecule has 5 rings (SSSR count). The summed E-state index contributed by atoms with van der Waals surface area (Å²) in [6.07, 6.45) is 0.753. The van der Waals surface area contributed by atoms with Gasteiger partial charge in [-0.25, -0.2) is 0 Å². The SMILES string of the molecule is C=C(C)Cc1cc(-c2ccccc2)c2ccc3c(-c4ccccc4)cc(C)nc3c2n1. The highest BCUT2D eigenvalue weighted by Crippen LogP contribution is 2.36. The quantitative estimate of drug-likeness (QED) is 0.230. The molecule has 5 aromatic rings. The maximum Gasteiger partial charge on any atom is 0.0974 e. The van der Waals surface area contributed by atoms with E-state index in [1.165, 1.54) is 22.3 Å². The molecule has 0 saturated carbocycles. The molecule has 2 aromatic heterocycles. The summed E-state index contributed by atoms with van der Waals surface area (Å²) in [6.45, 7) is 8.21. The van der Waals surface area contributed by atoms with Crippen molar-refractivity contribution in [1.82, 2.24) is 9.97 Å². The molecule has 2 heteroatoms. The van der Waals surface area contributed by atoms with Crippen molar-refractivity contribution >= 4 is 21.8 Å². The van der Waals surface area contributed by atoms with Crippen molar-refractivity contribution < 1.29 is 0 Å². The van der Waals surface area contributed by atoms with Crippen LogP contribution in [0.25, 0.3) is 44.1 Å². The van der Waals surface area contributed by atoms with E-state index in [9.17, 15) is 0 Å². The molecule has 0 aliphatic heterocycles. The molecule has 0 unspecified atom stereocenters. The summed E-state index contributed by atoms with van der Waals surface area (Å²) in [5, 5.41) is 2.25. The van der Waals surface area contributed by atoms with Gasteiger partial charge in [0, 0.05) is 28.6 Å². The van der Waals surface area contributed by atoms with Crippen LogP contribution in [0.3, 0.4) is 0 Å². The Bertz CT molecular complexity index is 1420. The van der Waals surface area contributed by atoms with Crippen LogP contribution in [0.15, 0.2) is 97.1 Å².